The topological polar surface area (TPSA) is 12.5 Å². The van der Waals surface area contributed by atoms with Crippen LogP contribution >= 0.6 is 12.4 Å². The van der Waals surface area contributed by atoms with Crippen LogP contribution in [0.25, 0.3) is 0 Å². The van der Waals surface area contributed by atoms with Gasteiger partial charge in [-0.15, -0.1) is 12.4 Å². The van der Waals surface area contributed by atoms with Crippen molar-refractivity contribution >= 4 is 18.1 Å². The van der Waals surface area contributed by atoms with Crippen LogP contribution in [0.2, 0.25) is 0 Å². The molecule has 1 atom stereocenters. The van der Waals surface area contributed by atoms with Crippen molar-refractivity contribution < 1.29 is 9.13 Å². The lowest BCUT2D eigenvalue weighted by Crippen LogP contribution is -2.36. The van der Waals surface area contributed by atoms with Gasteiger partial charge in [-0.3, -0.25) is 0 Å². The van der Waals surface area contributed by atoms with E-state index in [-0.39, 0.29) is 24.3 Å². The normalized spacial score (nSPS) is 15.8. The third-order valence-corrected chi connectivity index (χ3v) is 4.83. The maximum absolute atomic E-state index is 13.9. The largest absolute Gasteiger partial charge is 0.497 e. The van der Waals surface area contributed by atoms with Crippen molar-refractivity contribution in [3.05, 3.63) is 95.3 Å². The third kappa shape index (κ3) is 3.40. The van der Waals surface area contributed by atoms with E-state index in [0.717, 1.165) is 30.0 Å². The van der Waals surface area contributed by atoms with Gasteiger partial charge >= 0.3 is 0 Å². The molecule has 0 amide bonds. The van der Waals surface area contributed by atoms with Crippen molar-refractivity contribution in [2.24, 2.45) is 0 Å². The maximum atomic E-state index is 13.9. The van der Waals surface area contributed by atoms with E-state index in [1.165, 1.54) is 17.2 Å². The molecule has 0 bridgehead atoms. The highest BCUT2D eigenvalue weighted by atomic mass is 35.5. The summed E-state index contributed by atoms with van der Waals surface area (Å²) >= 11 is 0. The van der Waals surface area contributed by atoms with E-state index < -0.39 is 0 Å². The molecule has 134 valence electrons. The maximum Gasteiger partial charge on any atom is 0.123 e. The van der Waals surface area contributed by atoms with E-state index in [1.807, 2.05) is 30.3 Å². The molecule has 4 rings (SSSR count). The zero-order valence-corrected chi connectivity index (χ0v) is 15.4. The van der Waals surface area contributed by atoms with E-state index in [2.05, 4.69) is 29.2 Å². The zero-order valence-electron chi connectivity index (χ0n) is 14.6. The molecule has 1 aliphatic heterocycles. The summed E-state index contributed by atoms with van der Waals surface area (Å²) in [6.45, 7) is 0.880. The van der Waals surface area contributed by atoms with Gasteiger partial charge in [0.2, 0.25) is 0 Å². The van der Waals surface area contributed by atoms with Crippen LogP contribution < -0.4 is 9.64 Å². The summed E-state index contributed by atoms with van der Waals surface area (Å²) < 4.78 is 19.3. The molecule has 0 saturated heterocycles. The average Bonchev–Trinajstić information content (AvgIpc) is 2.67. The third-order valence-electron chi connectivity index (χ3n) is 4.83. The molecule has 26 heavy (non-hydrogen) atoms. The van der Waals surface area contributed by atoms with Crippen LogP contribution in [0, 0.1) is 5.82 Å². The predicted octanol–water partition coefficient (Wildman–Crippen LogP) is 5.41. The van der Waals surface area contributed by atoms with Crippen molar-refractivity contribution in [3.63, 3.8) is 0 Å². The highest BCUT2D eigenvalue weighted by Crippen LogP contribution is 2.39. The summed E-state index contributed by atoms with van der Waals surface area (Å²) in [6, 6.07) is 23.4. The molecule has 0 aliphatic carbocycles. The number of benzene rings is 3. The van der Waals surface area contributed by atoms with Crippen LogP contribution in [0.1, 0.15) is 22.7 Å². The molecular formula is C22H21ClFNO. The Balaban J connectivity index is 0.00000196. The van der Waals surface area contributed by atoms with Crippen molar-refractivity contribution in [2.75, 3.05) is 18.6 Å². The minimum absolute atomic E-state index is 0. The minimum Gasteiger partial charge on any atom is -0.497 e. The summed E-state index contributed by atoms with van der Waals surface area (Å²) in [5, 5.41) is 0. The van der Waals surface area contributed by atoms with Gasteiger partial charge in [0.1, 0.15) is 11.6 Å². The lowest BCUT2D eigenvalue weighted by atomic mass is 9.87. The Morgan fingerprint density at radius 1 is 0.962 bits per heavy atom. The van der Waals surface area contributed by atoms with Gasteiger partial charge in [-0.1, -0.05) is 36.4 Å². The average molecular weight is 370 g/mol. The predicted molar refractivity (Wildman–Crippen MR) is 106 cm³/mol. The Bertz CT molecular complexity index is 884. The van der Waals surface area contributed by atoms with E-state index in [0.29, 0.717) is 0 Å². The van der Waals surface area contributed by atoms with Crippen LogP contribution in [0.5, 0.6) is 5.75 Å². The summed E-state index contributed by atoms with van der Waals surface area (Å²) in [6.07, 6.45) is 0.938. The van der Waals surface area contributed by atoms with Crippen LogP contribution in [0.3, 0.4) is 0 Å². The van der Waals surface area contributed by atoms with Gasteiger partial charge in [0.15, 0.2) is 0 Å². The molecule has 0 spiro atoms. The van der Waals surface area contributed by atoms with Crippen LogP contribution in [-0.4, -0.2) is 13.7 Å². The molecular weight excluding hydrogens is 349 g/mol. The van der Waals surface area contributed by atoms with Crippen molar-refractivity contribution in [1.82, 2.24) is 0 Å². The van der Waals surface area contributed by atoms with Crippen molar-refractivity contribution in [2.45, 2.75) is 12.5 Å². The molecule has 0 fully saturated rings. The number of hydrogen-bond donors (Lipinski definition) is 0. The molecule has 0 N–H and O–H groups in total. The zero-order chi connectivity index (χ0) is 17.2. The van der Waals surface area contributed by atoms with Gasteiger partial charge in [0.05, 0.1) is 13.2 Å². The van der Waals surface area contributed by atoms with Gasteiger partial charge in [0, 0.05) is 12.2 Å². The smallest absolute Gasteiger partial charge is 0.123 e. The number of methoxy groups -OCH3 is 1. The first kappa shape index (κ1) is 18.3. The van der Waals surface area contributed by atoms with Crippen molar-refractivity contribution in [1.29, 1.82) is 0 Å². The van der Waals surface area contributed by atoms with E-state index in [9.17, 15) is 4.39 Å². The standard InChI is InChI=1S/C22H20FNO.ClH/c1-25-20-10-11-21-16(15-20)12-13-24(19-8-3-2-4-9-19)22(21)17-6-5-7-18(23)14-17;/h2-11,14-15,22H,12-13H2,1H3;1H. The summed E-state index contributed by atoms with van der Waals surface area (Å²) in [4.78, 5) is 2.35. The second kappa shape index (κ2) is 7.79. The lowest BCUT2D eigenvalue weighted by Gasteiger charge is -2.39. The fourth-order valence-electron chi connectivity index (χ4n) is 3.66. The fourth-order valence-corrected chi connectivity index (χ4v) is 3.66. The second-order valence-corrected chi connectivity index (χ2v) is 6.30. The highest BCUT2D eigenvalue weighted by molar-refractivity contribution is 5.85. The first-order valence-corrected chi connectivity index (χ1v) is 8.50. The quantitative estimate of drug-likeness (QED) is 0.612. The van der Waals surface area contributed by atoms with Crippen molar-refractivity contribution in [3.8, 4) is 5.75 Å². The van der Waals surface area contributed by atoms with Gasteiger partial charge in [-0.25, -0.2) is 4.39 Å². The van der Waals surface area contributed by atoms with Gasteiger partial charge in [-0.2, -0.15) is 0 Å². The number of fused-ring (bicyclic) bond motifs is 1. The highest BCUT2D eigenvalue weighted by Gasteiger charge is 2.29. The van der Waals surface area contributed by atoms with Gasteiger partial charge in [0.25, 0.3) is 0 Å². The Morgan fingerprint density at radius 2 is 1.77 bits per heavy atom. The first-order chi connectivity index (χ1) is 12.3. The SMILES string of the molecule is COc1ccc2c(c1)CCN(c1ccccc1)C2c1cccc(F)c1.Cl. The molecule has 3 aromatic rings. The molecule has 0 saturated carbocycles. The van der Waals surface area contributed by atoms with Crippen LogP contribution in [-0.2, 0) is 6.42 Å². The number of rotatable bonds is 3. The molecule has 2 nitrogen and oxygen atoms in total. The van der Waals surface area contributed by atoms with E-state index >= 15 is 0 Å². The van der Waals surface area contributed by atoms with E-state index in [4.69, 9.17) is 4.74 Å². The number of halogens is 2. The van der Waals surface area contributed by atoms with E-state index in [1.54, 1.807) is 19.2 Å². The molecule has 3 aromatic carbocycles. The molecule has 4 heteroatoms. The molecule has 1 heterocycles. The lowest BCUT2D eigenvalue weighted by molar-refractivity contribution is 0.413. The molecule has 0 radical (unpaired) electrons. The number of hydrogen-bond acceptors (Lipinski definition) is 2. The number of para-hydroxylation sites is 1. The second-order valence-electron chi connectivity index (χ2n) is 6.30. The van der Waals surface area contributed by atoms with Crippen LogP contribution in [0.4, 0.5) is 10.1 Å². The number of anilines is 1. The molecule has 1 aliphatic rings. The molecule has 1 unspecified atom stereocenters. The Labute approximate surface area is 159 Å². The Morgan fingerprint density at radius 3 is 2.50 bits per heavy atom. The Kier molecular flexibility index (Phi) is 5.48. The monoisotopic (exact) mass is 369 g/mol. The van der Waals surface area contributed by atoms with Gasteiger partial charge < -0.3 is 9.64 Å². The number of nitrogens with zero attached hydrogens (tertiary/aromatic N) is 1. The summed E-state index contributed by atoms with van der Waals surface area (Å²) in [5.74, 6) is 0.663. The summed E-state index contributed by atoms with van der Waals surface area (Å²) in [7, 11) is 1.69. The summed E-state index contributed by atoms with van der Waals surface area (Å²) in [5.41, 5.74) is 4.59. The first-order valence-electron chi connectivity index (χ1n) is 8.50. The Hall–Kier alpha value is -2.52. The molecule has 0 aromatic heterocycles. The van der Waals surface area contributed by atoms with Gasteiger partial charge in [-0.05, 0) is 59.5 Å². The van der Waals surface area contributed by atoms with Crippen LogP contribution in [0.15, 0.2) is 72.8 Å². The minimum atomic E-state index is -0.203. The number of ether oxygens (including phenoxy) is 1. The fraction of sp³-hybridized carbons (Fsp3) is 0.182.